The van der Waals surface area contributed by atoms with Crippen LogP contribution in [-0.4, -0.2) is 57.7 Å². The van der Waals surface area contributed by atoms with Crippen LogP contribution in [0.4, 0.5) is 16.2 Å². The number of ether oxygens (including phenoxy) is 1. The third kappa shape index (κ3) is 4.56. The second kappa shape index (κ2) is 10.1. The summed E-state index contributed by atoms with van der Waals surface area (Å²) in [6.07, 6.45) is 4.41. The summed E-state index contributed by atoms with van der Waals surface area (Å²) in [6.45, 7) is 2.42. The molecule has 4 N–H and O–H groups in total. The van der Waals surface area contributed by atoms with Gasteiger partial charge in [-0.25, -0.2) is 4.79 Å². The second-order valence-electron chi connectivity index (χ2n) is 9.00. The normalized spacial score (nSPS) is 18.5. The molecular weight excluding hydrogens is 494 g/mol. The van der Waals surface area contributed by atoms with Crippen LogP contribution in [-0.2, 0) is 6.42 Å². The van der Waals surface area contributed by atoms with Crippen molar-refractivity contribution >= 4 is 35.0 Å². The molecule has 0 saturated carbocycles. The average Bonchev–Trinajstić information content (AvgIpc) is 3.44. The zero-order valence-corrected chi connectivity index (χ0v) is 21.1. The van der Waals surface area contributed by atoms with Gasteiger partial charge in [-0.05, 0) is 38.0 Å². The molecule has 2 aromatic heterocycles. The van der Waals surface area contributed by atoms with E-state index in [-0.39, 0.29) is 11.9 Å². The van der Waals surface area contributed by atoms with Crippen molar-refractivity contribution in [1.29, 1.82) is 0 Å². The molecule has 0 unspecified atom stereocenters. The number of benzene rings is 1. The van der Waals surface area contributed by atoms with Crippen LogP contribution in [0.1, 0.15) is 41.4 Å². The van der Waals surface area contributed by atoms with Crippen molar-refractivity contribution in [2.75, 3.05) is 19.0 Å². The molecule has 10 heteroatoms. The standard InChI is InChI=1S/C27H26ClN5O4/c1-15-6-8-17(33(15)27(35)36)9-7-16-14-29-12-10-18(16)23-24(22-20(31-23)11-13-30-26(22)34)32-21-5-3-4-19(28)25(21)37-2/h3-5,10,12,14-15,17,31-32H,6,8,11,13H2,1-2H3,(H,30,34)(H,35,36)/t15-,17-/m0/s1. The lowest BCUT2D eigenvalue weighted by atomic mass is 10.0. The van der Waals surface area contributed by atoms with Gasteiger partial charge in [0.05, 0.1) is 46.4 Å². The Balaban J connectivity index is 1.61. The van der Waals surface area contributed by atoms with Crippen LogP contribution in [0.15, 0.2) is 36.7 Å². The maximum absolute atomic E-state index is 12.9. The van der Waals surface area contributed by atoms with Crippen LogP contribution in [0.5, 0.6) is 5.75 Å². The van der Waals surface area contributed by atoms with Crippen LogP contribution < -0.4 is 15.4 Å². The van der Waals surface area contributed by atoms with Crippen molar-refractivity contribution < 1.29 is 19.4 Å². The van der Waals surface area contributed by atoms with E-state index in [1.165, 1.54) is 12.0 Å². The number of aromatic nitrogens is 2. The Morgan fingerprint density at radius 3 is 2.95 bits per heavy atom. The van der Waals surface area contributed by atoms with Gasteiger partial charge >= 0.3 is 6.09 Å². The van der Waals surface area contributed by atoms with Crippen molar-refractivity contribution in [2.45, 2.75) is 38.3 Å². The maximum Gasteiger partial charge on any atom is 0.408 e. The number of rotatable bonds is 4. The minimum Gasteiger partial charge on any atom is -0.493 e. The van der Waals surface area contributed by atoms with E-state index in [4.69, 9.17) is 16.3 Å². The molecule has 1 saturated heterocycles. The molecule has 0 spiro atoms. The summed E-state index contributed by atoms with van der Waals surface area (Å²) in [7, 11) is 1.54. The van der Waals surface area contributed by atoms with Crippen molar-refractivity contribution in [1.82, 2.24) is 20.2 Å². The first-order chi connectivity index (χ1) is 17.9. The van der Waals surface area contributed by atoms with E-state index >= 15 is 0 Å². The third-order valence-electron chi connectivity index (χ3n) is 6.75. The Kier molecular flexibility index (Phi) is 6.68. The molecule has 37 heavy (non-hydrogen) atoms. The number of hydrogen-bond acceptors (Lipinski definition) is 5. The van der Waals surface area contributed by atoms with E-state index in [1.807, 2.05) is 19.1 Å². The predicted molar refractivity (Wildman–Crippen MR) is 141 cm³/mol. The van der Waals surface area contributed by atoms with Gasteiger partial charge in [0, 0.05) is 42.7 Å². The summed E-state index contributed by atoms with van der Waals surface area (Å²) in [5.74, 6) is 6.57. The van der Waals surface area contributed by atoms with Crippen molar-refractivity contribution in [3.63, 3.8) is 0 Å². The fourth-order valence-electron chi connectivity index (χ4n) is 4.98. The topological polar surface area (TPSA) is 120 Å². The molecule has 4 heterocycles. The van der Waals surface area contributed by atoms with Gasteiger partial charge in [0.25, 0.3) is 5.91 Å². The van der Waals surface area contributed by atoms with Crippen molar-refractivity contribution in [2.24, 2.45) is 0 Å². The number of H-pyrrole nitrogens is 1. The van der Waals surface area contributed by atoms with Crippen LogP contribution in [0.2, 0.25) is 5.02 Å². The molecule has 9 nitrogen and oxygen atoms in total. The number of para-hydroxylation sites is 1. The number of fused-ring (bicyclic) bond motifs is 1. The van der Waals surface area contributed by atoms with E-state index in [2.05, 4.69) is 32.4 Å². The summed E-state index contributed by atoms with van der Waals surface area (Å²) in [5, 5.41) is 16.3. The highest BCUT2D eigenvalue weighted by Crippen LogP contribution is 2.41. The lowest BCUT2D eigenvalue weighted by Gasteiger charge is -2.21. The lowest BCUT2D eigenvalue weighted by molar-refractivity contribution is 0.0946. The van der Waals surface area contributed by atoms with Gasteiger partial charge in [-0.15, -0.1) is 0 Å². The molecule has 3 aromatic rings. The number of amides is 2. The van der Waals surface area contributed by atoms with Crippen LogP contribution in [0.25, 0.3) is 11.3 Å². The summed E-state index contributed by atoms with van der Waals surface area (Å²) < 4.78 is 5.51. The maximum atomic E-state index is 12.9. The summed E-state index contributed by atoms with van der Waals surface area (Å²) in [5.41, 5.74) is 4.53. The number of nitrogens with zero attached hydrogens (tertiary/aromatic N) is 2. The van der Waals surface area contributed by atoms with Gasteiger partial charge in [-0.2, -0.15) is 0 Å². The Morgan fingerprint density at radius 2 is 2.16 bits per heavy atom. The number of halogens is 1. The van der Waals surface area contributed by atoms with E-state index in [0.717, 1.165) is 17.7 Å². The molecule has 2 aliphatic heterocycles. The molecule has 5 rings (SSSR count). The van der Waals surface area contributed by atoms with Crippen molar-refractivity contribution in [3.05, 3.63) is 58.5 Å². The minimum atomic E-state index is -0.972. The molecule has 1 aromatic carbocycles. The highest BCUT2D eigenvalue weighted by atomic mass is 35.5. The zero-order chi connectivity index (χ0) is 26.1. The highest BCUT2D eigenvalue weighted by Gasteiger charge is 2.33. The SMILES string of the molecule is COc1c(Cl)cccc1Nc1c(-c2ccncc2C#C[C@@H]2CC[C@H](C)N2C(=O)O)[nH]c2c1C(=O)NCC2. The van der Waals surface area contributed by atoms with Gasteiger partial charge < -0.3 is 25.5 Å². The molecule has 190 valence electrons. The van der Waals surface area contributed by atoms with E-state index in [0.29, 0.717) is 58.4 Å². The smallest absolute Gasteiger partial charge is 0.408 e. The number of methoxy groups -OCH3 is 1. The minimum absolute atomic E-state index is 0.0812. The largest absolute Gasteiger partial charge is 0.493 e. The number of nitrogens with one attached hydrogen (secondary N) is 3. The molecule has 0 aliphatic carbocycles. The van der Waals surface area contributed by atoms with Crippen LogP contribution >= 0.6 is 11.6 Å². The van der Waals surface area contributed by atoms with E-state index in [9.17, 15) is 14.7 Å². The number of likely N-dealkylation sites (tertiary alicyclic amines) is 1. The zero-order valence-electron chi connectivity index (χ0n) is 20.4. The van der Waals surface area contributed by atoms with Gasteiger partial charge in [-0.3, -0.25) is 14.7 Å². The molecular formula is C27H26ClN5O4. The predicted octanol–water partition coefficient (Wildman–Crippen LogP) is 4.65. The van der Waals surface area contributed by atoms with Crippen LogP contribution in [0, 0.1) is 11.8 Å². The number of hydrogen-bond donors (Lipinski definition) is 4. The Hall–Kier alpha value is -4.16. The summed E-state index contributed by atoms with van der Waals surface area (Å²) in [4.78, 5) is 33.8. The van der Waals surface area contributed by atoms with Crippen LogP contribution in [0.3, 0.4) is 0 Å². The van der Waals surface area contributed by atoms with Gasteiger partial charge in [0.15, 0.2) is 5.75 Å². The molecule has 2 atom stereocenters. The quantitative estimate of drug-likeness (QED) is 0.372. The third-order valence-corrected chi connectivity index (χ3v) is 7.05. The first-order valence-corrected chi connectivity index (χ1v) is 12.4. The Morgan fingerprint density at radius 1 is 1.32 bits per heavy atom. The average molecular weight is 520 g/mol. The number of pyridine rings is 1. The van der Waals surface area contributed by atoms with E-state index in [1.54, 1.807) is 24.5 Å². The fraction of sp³-hybridized carbons (Fsp3) is 0.296. The van der Waals surface area contributed by atoms with E-state index < -0.39 is 12.1 Å². The first kappa shape index (κ1) is 24.5. The Labute approximate surface area is 219 Å². The van der Waals surface area contributed by atoms with Gasteiger partial charge in [-0.1, -0.05) is 29.5 Å². The number of carbonyl (C=O) groups is 2. The number of aromatic amines is 1. The van der Waals surface area contributed by atoms with Crippen molar-refractivity contribution in [3.8, 4) is 28.8 Å². The Bertz CT molecular complexity index is 1440. The number of carbonyl (C=O) groups excluding carboxylic acids is 1. The molecule has 2 amide bonds. The molecule has 1 fully saturated rings. The number of anilines is 2. The monoisotopic (exact) mass is 519 g/mol. The fourth-order valence-corrected chi connectivity index (χ4v) is 5.23. The molecule has 0 radical (unpaired) electrons. The highest BCUT2D eigenvalue weighted by molar-refractivity contribution is 6.32. The van der Waals surface area contributed by atoms with Gasteiger partial charge in [0.2, 0.25) is 0 Å². The summed E-state index contributed by atoms with van der Waals surface area (Å²) in [6, 6.07) is 6.70. The second-order valence-corrected chi connectivity index (χ2v) is 9.41. The molecule has 0 bridgehead atoms. The lowest BCUT2D eigenvalue weighted by Crippen LogP contribution is -2.38. The first-order valence-electron chi connectivity index (χ1n) is 12.0. The number of carboxylic acid groups (broad SMARTS) is 1. The van der Waals surface area contributed by atoms with Gasteiger partial charge in [0.1, 0.15) is 0 Å². The summed E-state index contributed by atoms with van der Waals surface area (Å²) >= 11 is 6.35. The molecule has 2 aliphatic rings.